The van der Waals surface area contributed by atoms with E-state index in [9.17, 15) is 0 Å². The smallest absolute Gasteiger partial charge is 0.164 e. The van der Waals surface area contributed by atoms with Crippen LogP contribution in [-0.2, 0) is 0 Å². The first kappa shape index (κ1) is 14.4. The van der Waals surface area contributed by atoms with E-state index in [1.54, 1.807) is 27.4 Å². The van der Waals surface area contributed by atoms with E-state index < -0.39 is 0 Å². The van der Waals surface area contributed by atoms with Crippen molar-refractivity contribution in [2.75, 3.05) is 21.3 Å². The van der Waals surface area contributed by atoms with Crippen LogP contribution in [0.3, 0.4) is 0 Å². The third-order valence-corrected chi connectivity index (χ3v) is 2.61. The summed E-state index contributed by atoms with van der Waals surface area (Å²) in [7, 11) is 4.80. The van der Waals surface area contributed by atoms with Crippen molar-refractivity contribution < 1.29 is 14.2 Å². The number of hydrogen-bond donors (Lipinski definition) is 1. The van der Waals surface area contributed by atoms with Crippen LogP contribution >= 0.6 is 0 Å². The molecule has 4 heteroatoms. The lowest BCUT2D eigenvalue weighted by Crippen LogP contribution is -2.10. The maximum atomic E-state index is 6.13. The molecule has 0 aliphatic rings. The van der Waals surface area contributed by atoms with E-state index in [0.717, 1.165) is 11.1 Å². The van der Waals surface area contributed by atoms with Gasteiger partial charge in [-0.15, -0.1) is 0 Å². The number of hydrogen-bond acceptors (Lipinski definition) is 4. The lowest BCUT2D eigenvalue weighted by Gasteiger charge is -2.17. The second kappa shape index (κ2) is 6.31. The van der Waals surface area contributed by atoms with Gasteiger partial charge in [-0.1, -0.05) is 11.6 Å². The summed E-state index contributed by atoms with van der Waals surface area (Å²) in [6.45, 7) is 4.01. The van der Waals surface area contributed by atoms with Crippen molar-refractivity contribution in [1.82, 2.24) is 0 Å². The van der Waals surface area contributed by atoms with Gasteiger partial charge < -0.3 is 19.9 Å². The Kier molecular flexibility index (Phi) is 5.04. The predicted octanol–water partition coefficient (Wildman–Crippen LogP) is 2.68. The highest BCUT2D eigenvalue weighted by molar-refractivity contribution is 5.52. The molecule has 0 saturated heterocycles. The van der Waals surface area contributed by atoms with Crippen LogP contribution in [0, 0.1) is 0 Å². The van der Waals surface area contributed by atoms with Gasteiger partial charge in [-0.2, -0.15) is 0 Å². The molecule has 0 amide bonds. The van der Waals surface area contributed by atoms with Crippen molar-refractivity contribution in [1.29, 1.82) is 0 Å². The summed E-state index contributed by atoms with van der Waals surface area (Å²) in [6.07, 6.45) is 1.98. The topological polar surface area (TPSA) is 53.7 Å². The van der Waals surface area contributed by atoms with Gasteiger partial charge in [-0.05, 0) is 19.9 Å². The Balaban J connectivity index is 3.29. The van der Waals surface area contributed by atoms with E-state index in [4.69, 9.17) is 19.9 Å². The van der Waals surface area contributed by atoms with E-state index in [-0.39, 0.29) is 6.04 Å². The Morgan fingerprint density at radius 2 is 1.50 bits per heavy atom. The van der Waals surface area contributed by atoms with Crippen molar-refractivity contribution in [3.63, 3.8) is 0 Å². The van der Waals surface area contributed by atoms with Crippen LogP contribution in [0.15, 0.2) is 23.8 Å². The Hall–Kier alpha value is -1.68. The van der Waals surface area contributed by atoms with Crippen LogP contribution in [0.5, 0.6) is 17.2 Å². The molecule has 2 N–H and O–H groups in total. The maximum Gasteiger partial charge on any atom is 0.164 e. The van der Waals surface area contributed by atoms with E-state index in [0.29, 0.717) is 17.2 Å². The summed E-state index contributed by atoms with van der Waals surface area (Å²) in [5.74, 6) is 1.96. The molecule has 0 fully saturated rings. The van der Waals surface area contributed by atoms with E-state index >= 15 is 0 Å². The summed E-state index contributed by atoms with van der Waals surface area (Å²) < 4.78 is 15.9. The summed E-state index contributed by atoms with van der Waals surface area (Å²) in [5, 5.41) is 0. The molecule has 1 unspecified atom stereocenters. The Labute approximate surface area is 108 Å². The van der Waals surface area contributed by atoms with Gasteiger partial charge in [0.1, 0.15) is 5.75 Å². The van der Waals surface area contributed by atoms with Crippen molar-refractivity contribution in [2.24, 2.45) is 5.73 Å². The van der Waals surface area contributed by atoms with Gasteiger partial charge in [0.2, 0.25) is 0 Å². The Morgan fingerprint density at radius 1 is 1.00 bits per heavy atom. The number of rotatable bonds is 5. The first-order valence-corrected chi connectivity index (χ1v) is 5.74. The zero-order valence-electron chi connectivity index (χ0n) is 11.6. The predicted molar refractivity (Wildman–Crippen MR) is 72.5 cm³/mol. The third kappa shape index (κ3) is 3.17. The molecule has 0 radical (unpaired) electrons. The summed E-state index contributed by atoms with van der Waals surface area (Å²) >= 11 is 0. The molecular formula is C14H21NO3. The minimum atomic E-state index is -0.232. The monoisotopic (exact) mass is 251 g/mol. The standard InChI is InChI=1S/C14H21NO3/c1-9(2)6-11(15)10-7-13(17-4)14(18-5)8-12(10)16-3/h6-8,11H,15H2,1-5H3. The first-order valence-electron chi connectivity index (χ1n) is 5.74. The lowest BCUT2D eigenvalue weighted by molar-refractivity contribution is 0.347. The average Bonchev–Trinajstić information content (AvgIpc) is 2.36. The van der Waals surface area contributed by atoms with Crippen molar-refractivity contribution in [3.8, 4) is 17.2 Å². The average molecular weight is 251 g/mol. The van der Waals surface area contributed by atoms with Gasteiger partial charge >= 0.3 is 0 Å². The van der Waals surface area contributed by atoms with Gasteiger partial charge in [0.05, 0.1) is 27.4 Å². The fourth-order valence-electron chi connectivity index (χ4n) is 1.76. The molecule has 0 aromatic heterocycles. The number of nitrogens with two attached hydrogens (primary N) is 1. The second-order valence-corrected chi connectivity index (χ2v) is 4.22. The molecule has 0 spiro atoms. The number of benzene rings is 1. The van der Waals surface area contributed by atoms with Gasteiger partial charge in [-0.25, -0.2) is 0 Å². The quantitative estimate of drug-likeness (QED) is 0.817. The highest BCUT2D eigenvalue weighted by atomic mass is 16.5. The first-order chi connectivity index (χ1) is 8.53. The highest BCUT2D eigenvalue weighted by Gasteiger charge is 2.15. The van der Waals surface area contributed by atoms with Crippen LogP contribution in [0.1, 0.15) is 25.5 Å². The number of ether oxygens (including phenoxy) is 3. The van der Waals surface area contributed by atoms with Crippen molar-refractivity contribution in [3.05, 3.63) is 29.3 Å². The molecular weight excluding hydrogens is 230 g/mol. The number of allylic oxidation sites excluding steroid dienone is 1. The van der Waals surface area contributed by atoms with Crippen LogP contribution < -0.4 is 19.9 Å². The molecule has 100 valence electrons. The normalized spacial score (nSPS) is 11.7. The molecule has 0 aliphatic carbocycles. The summed E-state index contributed by atoms with van der Waals surface area (Å²) in [5.41, 5.74) is 8.16. The maximum absolute atomic E-state index is 6.13. The molecule has 18 heavy (non-hydrogen) atoms. The Bertz CT molecular complexity index is 437. The third-order valence-electron chi connectivity index (χ3n) is 2.61. The van der Waals surface area contributed by atoms with Gasteiger partial charge in [0.25, 0.3) is 0 Å². The van der Waals surface area contributed by atoms with Crippen molar-refractivity contribution in [2.45, 2.75) is 19.9 Å². The molecule has 0 saturated carbocycles. The summed E-state index contributed by atoms with van der Waals surface area (Å²) in [4.78, 5) is 0. The Morgan fingerprint density at radius 3 is 1.94 bits per heavy atom. The van der Waals surface area contributed by atoms with E-state index in [1.807, 2.05) is 26.0 Å². The largest absolute Gasteiger partial charge is 0.496 e. The van der Waals surface area contributed by atoms with Crippen LogP contribution in [0.25, 0.3) is 0 Å². The zero-order valence-corrected chi connectivity index (χ0v) is 11.6. The second-order valence-electron chi connectivity index (χ2n) is 4.22. The molecule has 1 atom stereocenters. The molecule has 0 bridgehead atoms. The molecule has 4 nitrogen and oxygen atoms in total. The van der Waals surface area contributed by atoms with Crippen LogP contribution in [0.2, 0.25) is 0 Å². The molecule has 1 aromatic carbocycles. The highest BCUT2D eigenvalue weighted by Crippen LogP contribution is 2.37. The molecule has 1 rings (SSSR count). The zero-order chi connectivity index (χ0) is 13.7. The van der Waals surface area contributed by atoms with Gasteiger partial charge in [-0.3, -0.25) is 0 Å². The minimum absolute atomic E-state index is 0.232. The van der Waals surface area contributed by atoms with Crippen molar-refractivity contribution >= 4 is 0 Å². The van der Waals surface area contributed by atoms with E-state index in [2.05, 4.69) is 0 Å². The van der Waals surface area contributed by atoms with E-state index in [1.165, 1.54) is 0 Å². The molecule has 1 aromatic rings. The van der Waals surface area contributed by atoms with Crippen LogP contribution in [-0.4, -0.2) is 21.3 Å². The fourth-order valence-corrected chi connectivity index (χ4v) is 1.76. The molecule has 0 heterocycles. The molecule has 0 aliphatic heterocycles. The fraction of sp³-hybridized carbons (Fsp3) is 0.429. The van der Waals surface area contributed by atoms with Gasteiger partial charge in [0, 0.05) is 11.6 Å². The van der Waals surface area contributed by atoms with Gasteiger partial charge in [0.15, 0.2) is 11.5 Å². The minimum Gasteiger partial charge on any atom is -0.496 e. The number of methoxy groups -OCH3 is 3. The SMILES string of the molecule is COc1cc(OC)c(C(N)C=C(C)C)cc1OC. The summed E-state index contributed by atoms with van der Waals surface area (Å²) in [6, 6.07) is 3.40. The lowest BCUT2D eigenvalue weighted by atomic mass is 10.0. The van der Waals surface area contributed by atoms with Crippen LogP contribution in [0.4, 0.5) is 0 Å².